The number of hydrogen-bond donors (Lipinski definition) is 2. The molecule has 2 amide bonds. The minimum absolute atomic E-state index is 0. The van der Waals surface area contributed by atoms with Crippen LogP contribution in [0.1, 0.15) is 36.8 Å². The van der Waals surface area contributed by atoms with Crippen LogP contribution in [-0.4, -0.2) is 50.8 Å². The number of rotatable bonds is 5. The summed E-state index contributed by atoms with van der Waals surface area (Å²) in [7, 11) is 5.24. The van der Waals surface area contributed by atoms with Crippen LogP contribution in [0.15, 0.2) is 36.4 Å². The van der Waals surface area contributed by atoms with Gasteiger partial charge in [0.15, 0.2) is 17.3 Å². The van der Waals surface area contributed by atoms with E-state index in [1.54, 1.807) is 14.2 Å². The third kappa shape index (κ3) is 5.20. The molecule has 4 rings (SSSR count). The van der Waals surface area contributed by atoms with E-state index in [0.29, 0.717) is 30.4 Å². The molecule has 1 heterocycles. The largest absolute Gasteiger partial charge is 0.493 e. The smallest absolute Gasteiger partial charge is 0.419 e. The van der Waals surface area contributed by atoms with E-state index in [1.807, 2.05) is 19.2 Å². The van der Waals surface area contributed by atoms with Crippen LogP contribution in [0, 0.1) is 5.82 Å². The number of likely N-dealkylation sites (N-methyl/N-ethyl adjacent to an activating group) is 1. The average molecular weight is 532 g/mol. The highest BCUT2D eigenvalue weighted by Gasteiger charge is 2.50. The summed E-state index contributed by atoms with van der Waals surface area (Å²) in [5.41, 5.74) is -0.889. The standard InChI is InChI=1S/C25H29F4N3O3.ClH/c1-32-12-11-24(15-7-8-19(34-2)20(13-15)35-3)10-9-16(14-21(24)32)30-23(33)31-18-6-4-5-17(22(18)26)25(27,28)29;/h4-8,13,16,21H,9-12,14H2,1-3H3,(H2,30,31,33);1H. The maximum absolute atomic E-state index is 14.3. The van der Waals surface area contributed by atoms with Crippen molar-refractivity contribution in [3.63, 3.8) is 0 Å². The number of anilines is 1. The van der Waals surface area contributed by atoms with Gasteiger partial charge in [-0.05, 0) is 69.1 Å². The van der Waals surface area contributed by atoms with Gasteiger partial charge >= 0.3 is 12.2 Å². The molecule has 2 aromatic rings. The summed E-state index contributed by atoms with van der Waals surface area (Å²) in [6, 6.07) is 8.00. The van der Waals surface area contributed by atoms with Crippen molar-refractivity contribution >= 4 is 24.1 Å². The third-order valence-corrected chi connectivity index (χ3v) is 7.37. The number of likely N-dealkylation sites (tertiary alicyclic amines) is 1. The Balaban J connectivity index is 0.00000361. The van der Waals surface area contributed by atoms with Gasteiger partial charge in [0.05, 0.1) is 25.5 Å². The van der Waals surface area contributed by atoms with E-state index in [4.69, 9.17) is 9.47 Å². The van der Waals surface area contributed by atoms with Crippen molar-refractivity contribution in [1.82, 2.24) is 10.2 Å². The Morgan fingerprint density at radius 1 is 1.11 bits per heavy atom. The number of hydrogen-bond acceptors (Lipinski definition) is 4. The van der Waals surface area contributed by atoms with Crippen molar-refractivity contribution in [1.29, 1.82) is 0 Å². The first-order chi connectivity index (χ1) is 16.6. The van der Waals surface area contributed by atoms with Gasteiger partial charge in [0.25, 0.3) is 0 Å². The first-order valence-corrected chi connectivity index (χ1v) is 11.4. The monoisotopic (exact) mass is 531 g/mol. The number of nitrogens with one attached hydrogen (secondary N) is 2. The van der Waals surface area contributed by atoms with Gasteiger partial charge in [-0.3, -0.25) is 0 Å². The van der Waals surface area contributed by atoms with Crippen LogP contribution in [0.5, 0.6) is 11.5 Å². The lowest BCUT2D eigenvalue weighted by molar-refractivity contribution is -0.139. The van der Waals surface area contributed by atoms with Gasteiger partial charge in [-0.1, -0.05) is 12.1 Å². The molecule has 0 aromatic heterocycles. The number of ether oxygens (including phenoxy) is 2. The maximum Gasteiger partial charge on any atom is 0.419 e. The molecule has 6 nitrogen and oxygen atoms in total. The number of amides is 2. The number of carbonyl (C=O) groups is 1. The summed E-state index contributed by atoms with van der Waals surface area (Å²) in [6.45, 7) is 0.896. The zero-order valence-electron chi connectivity index (χ0n) is 20.2. The Kier molecular flexibility index (Phi) is 8.30. The number of methoxy groups -OCH3 is 2. The molecule has 1 aliphatic heterocycles. The topological polar surface area (TPSA) is 62.8 Å². The Hall–Kier alpha value is -2.72. The Bertz CT molecular complexity index is 1100. The lowest BCUT2D eigenvalue weighted by Gasteiger charge is -2.45. The number of urea groups is 1. The van der Waals surface area contributed by atoms with Crippen LogP contribution < -0.4 is 20.1 Å². The van der Waals surface area contributed by atoms with Gasteiger partial charge in [-0.2, -0.15) is 13.2 Å². The summed E-state index contributed by atoms with van der Waals surface area (Å²) >= 11 is 0. The summed E-state index contributed by atoms with van der Waals surface area (Å²) in [5.74, 6) is -0.179. The number of fused-ring (bicyclic) bond motifs is 1. The second-order valence-corrected chi connectivity index (χ2v) is 9.21. The Morgan fingerprint density at radius 2 is 1.83 bits per heavy atom. The minimum atomic E-state index is -4.85. The first kappa shape index (κ1) is 27.9. The van der Waals surface area contributed by atoms with Crippen LogP contribution in [0.4, 0.5) is 28.0 Å². The van der Waals surface area contributed by atoms with Crippen molar-refractivity contribution in [3.05, 3.63) is 53.3 Å². The number of carbonyl (C=O) groups excluding carboxylic acids is 1. The molecule has 3 atom stereocenters. The van der Waals surface area contributed by atoms with E-state index in [0.717, 1.165) is 37.1 Å². The molecular formula is C25H30ClF4N3O3. The van der Waals surface area contributed by atoms with Crippen molar-refractivity contribution in [2.24, 2.45) is 0 Å². The van der Waals surface area contributed by atoms with Crippen LogP contribution in [0.25, 0.3) is 0 Å². The van der Waals surface area contributed by atoms with E-state index >= 15 is 0 Å². The molecule has 198 valence electrons. The molecule has 1 saturated heterocycles. The lowest BCUT2D eigenvalue weighted by Crippen LogP contribution is -2.52. The van der Waals surface area contributed by atoms with E-state index in [-0.39, 0.29) is 29.9 Å². The fourth-order valence-electron chi connectivity index (χ4n) is 5.59. The predicted molar refractivity (Wildman–Crippen MR) is 131 cm³/mol. The number of nitrogens with zero attached hydrogens (tertiary/aromatic N) is 1. The van der Waals surface area contributed by atoms with E-state index in [9.17, 15) is 22.4 Å². The summed E-state index contributed by atoms with van der Waals surface area (Å²) < 4.78 is 64.1. The number of alkyl halides is 3. The van der Waals surface area contributed by atoms with Gasteiger partial charge in [0, 0.05) is 17.5 Å². The molecule has 2 aromatic carbocycles. The van der Waals surface area contributed by atoms with Crippen molar-refractivity contribution in [2.45, 2.75) is 49.4 Å². The van der Waals surface area contributed by atoms with Crippen LogP contribution in [0.2, 0.25) is 0 Å². The molecule has 2 fully saturated rings. The van der Waals surface area contributed by atoms with Gasteiger partial charge in [-0.25, -0.2) is 9.18 Å². The molecule has 3 unspecified atom stereocenters. The van der Waals surface area contributed by atoms with Crippen LogP contribution in [-0.2, 0) is 11.6 Å². The minimum Gasteiger partial charge on any atom is -0.493 e. The highest BCUT2D eigenvalue weighted by atomic mass is 35.5. The molecule has 1 saturated carbocycles. The SMILES string of the molecule is COc1ccc(C23CCC(NC(=O)Nc4cccc(C(F)(F)F)c4F)CC2N(C)CC3)cc1OC.Cl. The molecular weight excluding hydrogens is 502 g/mol. The quantitative estimate of drug-likeness (QED) is 0.493. The summed E-state index contributed by atoms with van der Waals surface area (Å²) in [5, 5.41) is 5.07. The van der Waals surface area contributed by atoms with Crippen LogP contribution in [0.3, 0.4) is 0 Å². The summed E-state index contributed by atoms with van der Waals surface area (Å²) in [6.07, 6.45) is -1.75. The van der Waals surface area contributed by atoms with E-state index in [2.05, 4.69) is 21.6 Å². The average Bonchev–Trinajstić information content (AvgIpc) is 3.16. The first-order valence-electron chi connectivity index (χ1n) is 11.4. The lowest BCUT2D eigenvalue weighted by atomic mass is 9.65. The van der Waals surface area contributed by atoms with Gasteiger partial charge < -0.3 is 25.0 Å². The molecule has 2 N–H and O–H groups in total. The zero-order chi connectivity index (χ0) is 25.4. The van der Waals surface area contributed by atoms with Crippen molar-refractivity contribution in [3.8, 4) is 11.5 Å². The molecule has 11 heteroatoms. The second kappa shape index (κ2) is 10.7. The van der Waals surface area contributed by atoms with Crippen molar-refractivity contribution < 1.29 is 31.8 Å². The predicted octanol–water partition coefficient (Wildman–Crippen LogP) is 5.60. The van der Waals surface area contributed by atoms with Gasteiger partial charge in [0.2, 0.25) is 0 Å². The Labute approximate surface area is 213 Å². The van der Waals surface area contributed by atoms with Gasteiger partial charge in [0.1, 0.15) is 0 Å². The van der Waals surface area contributed by atoms with E-state index < -0.39 is 29.3 Å². The normalized spacial score (nSPS) is 23.9. The van der Waals surface area contributed by atoms with Crippen LogP contribution >= 0.6 is 12.4 Å². The molecule has 0 bridgehead atoms. The fraction of sp³-hybridized carbons (Fsp3) is 0.480. The highest BCUT2D eigenvalue weighted by molar-refractivity contribution is 5.89. The van der Waals surface area contributed by atoms with E-state index in [1.165, 1.54) is 0 Å². The molecule has 1 aliphatic carbocycles. The number of benzene rings is 2. The fourth-order valence-corrected chi connectivity index (χ4v) is 5.59. The zero-order valence-corrected chi connectivity index (χ0v) is 21.1. The Morgan fingerprint density at radius 3 is 2.50 bits per heavy atom. The van der Waals surface area contributed by atoms with Crippen molar-refractivity contribution in [2.75, 3.05) is 33.1 Å². The number of halogens is 5. The highest BCUT2D eigenvalue weighted by Crippen LogP contribution is 2.50. The third-order valence-electron chi connectivity index (χ3n) is 7.37. The maximum atomic E-state index is 14.3. The molecule has 0 radical (unpaired) electrons. The molecule has 2 aliphatic rings. The molecule has 0 spiro atoms. The van der Waals surface area contributed by atoms with Gasteiger partial charge in [-0.15, -0.1) is 12.4 Å². The second-order valence-electron chi connectivity index (χ2n) is 9.21. The molecule has 36 heavy (non-hydrogen) atoms. The summed E-state index contributed by atoms with van der Waals surface area (Å²) in [4.78, 5) is 14.8.